The topological polar surface area (TPSA) is 117 Å². The number of carbonyl (C=O) groups excluding carboxylic acids is 2. The highest BCUT2D eigenvalue weighted by Gasteiger charge is 2.42. The quantitative estimate of drug-likeness (QED) is 0.681. The van der Waals surface area contributed by atoms with Gasteiger partial charge in [-0.25, -0.2) is 4.98 Å². The number of nitrogens with two attached hydrogens (primary N) is 1. The Bertz CT molecular complexity index is 961. The molecule has 1 aromatic carbocycles. The molecule has 0 spiro atoms. The molecule has 1 saturated heterocycles. The van der Waals surface area contributed by atoms with Gasteiger partial charge in [-0.1, -0.05) is 24.0 Å². The maximum absolute atomic E-state index is 12.0. The molecule has 1 aliphatic rings. The van der Waals surface area contributed by atoms with Crippen molar-refractivity contribution in [3.8, 4) is 28.8 Å². The van der Waals surface area contributed by atoms with Gasteiger partial charge in [0.25, 0.3) is 11.8 Å². The SMILES string of the molecule is CN1CC[C@@](O)(C#Cc2cccc(-c3cc(O)cc(C(N)=O)n3)c2)C1=O. The van der Waals surface area contributed by atoms with E-state index in [1.165, 1.54) is 17.0 Å². The first-order valence-electron chi connectivity index (χ1n) is 7.91. The van der Waals surface area contributed by atoms with Crippen LogP contribution in [-0.2, 0) is 4.79 Å². The summed E-state index contributed by atoms with van der Waals surface area (Å²) in [6.07, 6.45) is 0.255. The Labute approximate surface area is 150 Å². The van der Waals surface area contributed by atoms with Crippen LogP contribution in [0, 0.1) is 11.8 Å². The summed E-state index contributed by atoms with van der Waals surface area (Å²) < 4.78 is 0. The van der Waals surface area contributed by atoms with E-state index in [2.05, 4.69) is 16.8 Å². The molecule has 1 atom stereocenters. The molecule has 4 N–H and O–H groups in total. The lowest BCUT2D eigenvalue weighted by molar-refractivity contribution is -0.137. The van der Waals surface area contributed by atoms with Crippen LogP contribution in [0.5, 0.6) is 5.75 Å². The second-order valence-electron chi connectivity index (χ2n) is 6.13. The Kier molecular flexibility index (Phi) is 4.36. The predicted molar refractivity (Wildman–Crippen MR) is 93.9 cm³/mol. The first kappa shape index (κ1) is 17.5. The molecule has 7 nitrogen and oxygen atoms in total. The first-order valence-corrected chi connectivity index (χ1v) is 7.91. The second-order valence-corrected chi connectivity index (χ2v) is 6.13. The number of nitrogens with zero attached hydrogens (tertiary/aromatic N) is 2. The van der Waals surface area contributed by atoms with E-state index in [0.29, 0.717) is 23.4 Å². The Hall–Kier alpha value is -3.37. The van der Waals surface area contributed by atoms with Crippen molar-refractivity contribution >= 4 is 11.8 Å². The molecule has 0 saturated carbocycles. The number of hydrogen-bond donors (Lipinski definition) is 3. The molecule has 3 rings (SSSR count). The van der Waals surface area contributed by atoms with Gasteiger partial charge in [0.1, 0.15) is 11.4 Å². The predicted octanol–water partition coefficient (Wildman–Crippen LogP) is 0.498. The van der Waals surface area contributed by atoms with Crippen LogP contribution < -0.4 is 5.73 Å². The highest BCUT2D eigenvalue weighted by Crippen LogP contribution is 2.24. The van der Waals surface area contributed by atoms with Crippen LogP contribution in [0.15, 0.2) is 36.4 Å². The van der Waals surface area contributed by atoms with Gasteiger partial charge in [-0.2, -0.15) is 0 Å². The fraction of sp³-hybridized carbons (Fsp3) is 0.211. The average molecular weight is 351 g/mol. The fourth-order valence-corrected chi connectivity index (χ4v) is 2.69. The monoisotopic (exact) mass is 351 g/mol. The number of pyridine rings is 1. The average Bonchev–Trinajstić information content (AvgIpc) is 2.88. The number of hydrogen-bond acceptors (Lipinski definition) is 5. The molecule has 1 aliphatic heterocycles. The molecular weight excluding hydrogens is 334 g/mol. The number of benzene rings is 1. The van der Waals surface area contributed by atoms with Crippen molar-refractivity contribution in [1.29, 1.82) is 0 Å². The zero-order valence-corrected chi connectivity index (χ0v) is 14.1. The summed E-state index contributed by atoms with van der Waals surface area (Å²) in [7, 11) is 1.62. The number of aliphatic hydroxyl groups is 1. The van der Waals surface area contributed by atoms with Gasteiger partial charge < -0.3 is 20.8 Å². The maximum atomic E-state index is 12.0. The third kappa shape index (κ3) is 3.36. The molecule has 2 amide bonds. The molecule has 0 bridgehead atoms. The number of likely N-dealkylation sites (tertiary alicyclic amines) is 1. The molecule has 0 unspecified atom stereocenters. The summed E-state index contributed by atoms with van der Waals surface area (Å²) >= 11 is 0. The molecule has 7 heteroatoms. The highest BCUT2D eigenvalue weighted by molar-refractivity contribution is 5.92. The Morgan fingerprint density at radius 3 is 2.77 bits per heavy atom. The van der Waals surface area contributed by atoms with Crippen LogP contribution in [-0.4, -0.2) is 51.1 Å². The third-order valence-electron chi connectivity index (χ3n) is 4.14. The summed E-state index contributed by atoms with van der Waals surface area (Å²) in [5, 5.41) is 20.1. The molecule has 0 radical (unpaired) electrons. The molecule has 2 heterocycles. The lowest BCUT2D eigenvalue weighted by Gasteiger charge is -2.13. The summed E-state index contributed by atoms with van der Waals surface area (Å²) in [4.78, 5) is 28.8. The number of carbonyl (C=O) groups is 2. The van der Waals surface area contributed by atoms with Gasteiger partial charge in [0.15, 0.2) is 0 Å². The molecule has 1 aromatic heterocycles. The molecular formula is C19H17N3O4. The summed E-state index contributed by atoms with van der Waals surface area (Å²) in [5.41, 5.74) is 5.02. The lowest BCUT2D eigenvalue weighted by Crippen LogP contribution is -2.37. The van der Waals surface area contributed by atoms with Crippen LogP contribution in [0.25, 0.3) is 11.3 Å². The van der Waals surface area contributed by atoms with Crippen molar-refractivity contribution in [3.63, 3.8) is 0 Å². The molecule has 2 aromatic rings. The van der Waals surface area contributed by atoms with Crippen molar-refractivity contribution in [2.24, 2.45) is 5.73 Å². The van der Waals surface area contributed by atoms with Gasteiger partial charge in [-0.05, 0) is 12.1 Å². The Morgan fingerprint density at radius 2 is 2.12 bits per heavy atom. The van der Waals surface area contributed by atoms with E-state index >= 15 is 0 Å². The number of rotatable bonds is 2. The lowest BCUT2D eigenvalue weighted by atomic mass is 10.0. The fourth-order valence-electron chi connectivity index (χ4n) is 2.69. The van der Waals surface area contributed by atoms with Gasteiger partial charge in [0, 0.05) is 43.3 Å². The number of aromatic hydroxyl groups is 1. The van der Waals surface area contributed by atoms with Crippen LogP contribution in [0.2, 0.25) is 0 Å². The maximum Gasteiger partial charge on any atom is 0.267 e. The number of amides is 2. The Balaban J connectivity index is 1.95. The van der Waals surface area contributed by atoms with E-state index in [4.69, 9.17) is 5.73 Å². The first-order chi connectivity index (χ1) is 12.3. The van der Waals surface area contributed by atoms with Crippen LogP contribution in [0.4, 0.5) is 0 Å². The standard InChI is InChI=1S/C19H17N3O4/c1-22-8-7-19(26,18(22)25)6-5-12-3-2-4-13(9-12)15-10-14(23)11-16(21-15)17(20)24/h2-4,9-11,26H,7-8H2,1H3,(H2,20,24)(H,21,23)/t19-/m0/s1. The minimum atomic E-state index is -1.67. The van der Waals surface area contributed by atoms with Gasteiger partial charge in [-0.15, -0.1) is 0 Å². The largest absolute Gasteiger partial charge is 0.508 e. The van der Waals surface area contributed by atoms with Crippen molar-refractivity contribution in [3.05, 3.63) is 47.7 Å². The molecule has 1 fully saturated rings. The summed E-state index contributed by atoms with van der Waals surface area (Å²) in [5.74, 6) is 4.16. The smallest absolute Gasteiger partial charge is 0.267 e. The third-order valence-corrected chi connectivity index (χ3v) is 4.14. The second kappa shape index (κ2) is 6.50. The van der Waals surface area contributed by atoms with E-state index in [9.17, 15) is 19.8 Å². The molecule has 132 valence electrons. The van der Waals surface area contributed by atoms with Gasteiger partial charge in [-0.3, -0.25) is 9.59 Å². The zero-order chi connectivity index (χ0) is 18.9. The van der Waals surface area contributed by atoms with Gasteiger partial charge in [0.2, 0.25) is 5.60 Å². The van der Waals surface area contributed by atoms with E-state index in [0.717, 1.165) is 0 Å². The number of aromatic nitrogens is 1. The molecule has 26 heavy (non-hydrogen) atoms. The summed E-state index contributed by atoms with van der Waals surface area (Å²) in [6, 6.07) is 9.46. The van der Waals surface area contributed by atoms with Crippen molar-refractivity contribution in [2.75, 3.05) is 13.6 Å². The zero-order valence-electron chi connectivity index (χ0n) is 14.1. The molecule has 0 aliphatic carbocycles. The van der Waals surface area contributed by atoms with Crippen LogP contribution in [0.1, 0.15) is 22.5 Å². The van der Waals surface area contributed by atoms with Crippen molar-refractivity contribution in [2.45, 2.75) is 12.0 Å². The van der Waals surface area contributed by atoms with E-state index in [1.807, 2.05) is 0 Å². The number of likely N-dealkylation sites (N-methyl/N-ethyl adjacent to an activating group) is 1. The highest BCUT2D eigenvalue weighted by atomic mass is 16.3. The normalized spacial score (nSPS) is 19.2. The van der Waals surface area contributed by atoms with E-state index < -0.39 is 17.4 Å². The number of primary amides is 1. The van der Waals surface area contributed by atoms with E-state index in [1.54, 1.807) is 31.3 Å². The van der Waals surface area contributed by atoms with Gasteiger partial charge >= 0.3 is 0 Å². The van der Waals surface area contributed by atoms with Crippen molar-refractivity contribution < 1.29 is 19.8 Å². The summed E-state index contributed by atoms with van der Waals surface area (Å²) in [6.45, 7) is 0.452. The van der Waals surface area contributed by atoms with Crippen molar-refractivity contribution in [1.82, 2.24) is 9.88 Å². The minimum absolute atomic E-state index is 0.0506. The van der Waals surface area contributed by atoms with Crippen LogP contribution in [0.3, 0.4) is 0 Å². The van der Waals surface area contributed by atoms with E-state index in [-0.39, 0.29) is 17.9 Å². The Morgan fingerprint density at radius 1 is 1.35 bits per heavy atom. The minimum Gasteiger partial charge on any atom is -0.508 e. The van der Waals surface area contributed by atoms with Gasteiger partial charge in [0.05, 0.1) is 5.69 Å². The van der Waals surface area contributed by atoms with Crippen LogP contribution >= 0.6 is 0 Å².